The lowest BCUT2D eigenvalue weighted by Crippen LogP contribution is -2.40. The minimum Gasteiger partial charge on any atom is -0.377 e. The predicted octanol–water partition coefficient (Wildman–Crippen LogP) is 2.42. The quantitative estimate of drug-likeness (QED) is 0.856. The van der Waals surface area contributed by atoms with Gasteiger partial charge >= 0.3 is 0 Å². The summed E-state index contributed by atoms with van der Waals surface area (Å²) in [5.41, 5.74) is 0.647. The SMILES string of the molecule is CC(NCCN(C)c1ccccc1F)C1CCCO1. The molecule has 0 radical (unpaired) electrons. The maximum atomic E-state index is 13.6. The fourth-order valence-corrected chi connectivity index (χ4v) is 2.47. The van der Waals surface area contributed by atoms with Crippen LogP contribution in [0, 0.1) is 5.82 Å². The van der Waals surface area contributed by atoms with E-state index in [1.54, 1.807) is 12.1 Å². The lowest BCUT2D eigenvalue weighted by Gasteiger charge is -2.24. The van der Waals surface area contributed by atoms with Crippen LogP contribution in [-0.2, 0) is 4.74 Å². The van der Waals surface area contributed by atoms with E-state index in [1.807, 2.05) is 18.0 Å². The number of likely N-dealkylation sites (N-methyl/N-ethyl adjacent to an activating group) is 1. The Balaban J connectivity index is 1.74. The van der Waals surface area contributed by atoms with Gasteiger partial charge in [-0.15, -0.1) is 0 Å². The molecule has 2 unspecified atom stereocenters. The average Bonchev–Trinajstić information content (AvgIpc) is 2.93. The van der Waals surface area contributed by atoms with E-state index in [2.05, 4.69) is 12.2 Å². The molecule has 0 amide bonds. The number of hydrogen-bond donors (Lipinski definition) is 1. The molecule has 19 heavy (non-hydrogen) atoms. The minimum absolute atomic E-state index is 0.169. The molecule has 0 aliphatic carbocycles. The molecule has 1 aliphatic heterocycles. The van der Waals surface area contributed by atoms with E-state index < -0.39 is 0 Å². The molecule has 2 rings (SSSR count). The highest BCUT2D eigenvalue weighted by atomic mass is 19.1. The van der Waals surface area contributed by atoms with Gasteiger partial charge in [0.15, 0.2) is 0 Å². The summed E-state index contributed by atoms with van der Waals surface area (Å²) in [7, 11) is 1.91. The number of halogens is 1. The maximum absolute atomic E-state index is 13.6. The summed E-state index contributed by atoms with van der Waals surface area (Å²) in [6.45, 7) is 4.63. The normalized spacial score (nSPS) is 20.5. The summed E-state index contributed by atoms with van der Waals surface area (Å²) in [6, 6.07) is 7.23. The van der Waals surface area contributed by atoms with E-state index in [0.29, 0.717) is 17.8 Å². The first kappa shape index (κ1) is 14.3. The Bertz CT molecular complexity index is 393. The molecule has 1 heterocycles. The highest BCUT2D eigenvalue weighted by Gasteiger charge is 2.21. The van der Waals surface area contributed by atoms with Gasteiger partial charge in [-0.1, -0.05) is 12.1 Å². The third kappa shape index (κ3) is 3.91. The van der Waals surface area contributed by atoms with Crippen LogP contribution in [0.3, 0.4) is 0 Å². The molecule has 1 N–H and O–H groups in total. The minimum atomic E-state index is -0.169. The van der Waals surface area contributed by atoms with E-state index in [1.165, 1.54) is 6.07 Å². The fourth-order valence-electron chi connectivity index (χ4n) is 2.47. The Morgan fingerprint density at radius 3 is 2.95 bits per heavy atom. The van der Waals surface area contributed by atoms with Crippen LogP contribution >= 0.6 is 0 Å². The maximum Gasteiger partial charge on any atom is 0.146 e. The molecule has 4 heteroatoms. The molecule has 1 aliphatic rings. The number of anilines is 1. The van der Waals surface area contributed by atoms with E-state index in [9.17, 15) is 4.39 Å². The average molecular weight is 266 g/mol. The van der Waals surface area contributed by atoms with Crippen molar-refractivity contribution < 1.29 is 9.13 Å². The van der Waals surface area contributed by atoms with Gasteiger partial charge < -0.3 is 15.0 Å². The second-order valence-electron chi connectivity index (χ2n) is 5.17. The van der Waals surface area contributed by atoms with Crippen LogP contribution in [0.2, 0.25) is 0 Å². The third-order valence-corrected chi connectivity index (χ3v) is 3.70. The van der Waals surface area contributed by atoms with Crippen molar-refractivity contribution in [1.29, 1.82) is 0 Å². The molecule has 0 aromatic heterocycles. The number of para-hydroxylation sites is 1. The van der Waals surface area contributed by atoms with Crippen molar-refractivity contribution in [2.45, 2.75) is 31.9 Å². The van der Waals surface area contributed by atoms with Crippen LogP contribution in [0.4, 0.5) is 10.1 Å². The number of benzene rings is 1. The summed E-state index contributed by atoms with van der Waals surface area (Å²) < 4.78 is 19.2. The number of nitrogens with zero attached hydrogens (tertiary/aromatic N) is 1. The third-order valence-electron chi connectivity index (χ3n) is 3.70. The van der Waals surface area contributed by atoms with Crippen molar-refractivity contribution in [2.75, 3.05) is 31.6 Å². The molecule has 106 valence electrons. The van der Waals surface area contributed by atoms with E-state index >= 15 is 0 Å². The Morgan fingerprint density at radius 2 is 2.26 bits per heavy atom. The summed E-state index contributed by atoms with van der Waals surface area (Å²) in [5, 5.41) is 3.46. The first-order valence-electron chi connectivity index (χ1n) is 6.99. The second kappa shape index (κ2) is 6.87. The van der Waals surface area contributed by atoms with Crippen molar-refractivity contribution in [3.8, 4) is 0 Å². The summed E-state index contributed by atoms with van der Waals surface area (Å²) >= 11 is 0. The predicted molar refractivity (Wildman–Crippen MR) is 76.1 cm³/mol. The highest BCUT2D eigenvalue weighted by Crippen LogP contribution is 2.17. The lowest BCUT2D eigenvalue weighted by atomic mass is 10.1. The second-order valence-corrected chi connectivity index (χ2v) is 5.17. The first-order chi connectivity index (χ1) is 9.18. The number of ether oxygens (including phenoxy) is 1. The van der Waals surface area contributed by atoms with Crippen molar-refractivity contribution >= 4 is 5.69 Å². The van der Waals surface area contributed by atoms with Gasteiger partial charge in [0.25, 0.3) is 0 Å². The molecule has 1 saturated heterocycles. The van der Waals surface area contributed by atoms with Crippen molar-refractivity contribution in [3.05, 3.63) is 30.1 Å². The Hall–Kier alpha value is -1.13. The fraction of sp³-hybridized carbons (Fsp3) is 0.600. The van der Waals surface area contributed by atoms with Gasteiger partial charge in [-0.3, -0.25) is 0 Å². The standard InChI is InChI=1S/C15H23FN2O/c1-12(15-8-5-11-19-15)17-9-10-18(2)14-7-4-3-6-13(14)16/h3-4,6-7,12,15,17H,5,8-11H2,1-2H3. The molecule has 1 fully saturated rings. The van der Waals surface area contributed by atoms with Gasteiger partial charge in [-0.2, -0.15) is 0 Å². The molecule has 1 aromatic rings. The zero-order chi connectivity index (χ0) is 13.7. The highest BCUT2D eigenvalue weighted by molar-refractivity contribution is 5.46. The number of hydrogen-bond acceptors (Lipinski definition) is 3. The molecule has 1 aromatic carbocycles. The van der Waals surface area contributed by atoms with E-state index in [-0.39, 0.29) is 5.82 Å². The molecular formula is C15H23FN2O. The Morgan fingerprint density at radius 1 is 1.47 bits per heavy atom. The van der Waals surface area contributed by atoms with Crippen LogP contribution in [0.25, 0.3) is 0 Å². The van der Waals surface area contributed by atoms with Crippen LogP contribution in [0.15, 0.2) is 24.3 Å². The van der Waals surface area contributed by atoms with Gasteiger partial charge in [0.05, 0.1) is 11.8 Å². The lowest BCUT2D eigenvalue weighted by molar-refractivity contribution is 0.0841. The first-order valence-corrected chi connectivity index (χ1v) is 6.99. The molecule has 0 spiro atoms. The Kier molecular flexibility index (Phi) is 5.16. The molecule has 0 saturated carbocycles. The number of nitrogens with one attached hydrogen (secondary N) is 1. The van der Waals surface area contributed by atoms with Crippen LogP contribution in [0.1, 0.15) is 19.8 Å². The van der Waals surface area contributed by atoms with Crippen LogP contribution in [-0.4, -0.2) is 38.9 Å². The van der Waals surface area contributed by atoms with Gasteiger partial charge in [-0.05, 0) is 31.9 Å². The number of rotatable bonds is 6. The Labute approximate surface area is 114 Å². The van der Waals surface area contributed by atoms with Gasteiger partial charge in [0.1, 0.15) is 5.82 Å². The monoisotopic (exact) mass is 266 g/mol. The zero-order valence-electron chi connectivity index (χ0n) is 11.7. The summed E-state index contributed by atoms with van der Waals surface area (Å²) in [5.74, 6) is -0.169. The molecule has 2 atom stereocenters. The van der Waals surface area contributed by atoms with Crippen molar-refractivity contribution in [1.82, 2.24) is 5.32 Å². The van der Waals surface area contributed by atoms with E-state index in [0.717, 1.165) is 32.5 Å². The smallest absolute Gasteiger partial charge is 0.146 e. The van der Waals surface area contributed by atoms with E-state index in [4.69, 9.17) is 4.74 Å². The topological polar surface area (TPSA) is 24.5 Å². The van der Waals surface area contributed by atoms with Crippen molar-refractivity contribution in [3.63, 3.8) is 0 Å². The largest absolute Gasteiger partial charge is 0.377 e. The van der Waals surface area contributed by atoms with Crippen LogP contribution < -0.4 is 10.2 Å². The molecular weight excluding hydrogens is 243 g/mol. The van der Waals surface area contributed by atoms with Gasteiger partial charge in [-0.25, -0.2) is 4.39 Å². The zero-order valence-corrected chi connectivity index (χ0v) is 11.7. The van der Waals surface area contributed by atoms with Gasteiger partial charge in [0.2, 0.25) is 0 Å². The summed E-state index contributed by atoms with van der Waals surface area (Å²) in [6.07, 6.45) is 2.63. The summed E-state index contributed by atoms with van der Waals surface area (Å²) in [4.78, 5) is 1.94. The van der Waals surface area contributed by atoms with Crippen LogP contribution in [0.5, 0.6) is 0 Å². The van der Waals surface area contributed by atoms with Crippen molar-refractivity contribution in [2.24, 2.45) is 0 Å². The molecule has 3 nitrogen and oxygen atoms in total. The molecule has 0 bridgehead atoms. The van der Waals surface area contributed by atoms with Gasteiger partial charge in [0, 0.05) is 32.8 Å².